The first-order chi connectivity index (χ1) is 20.9. The van der Waals surface area contributed by atoms with Gasteiger partial charge in [-0.15, -0.1) is 0 Å². The topological polar surface area (TPSA) is 61.9 Å². The molecule has 2 fully saturated rings. The number of halogens is 1. The molecule has 0 radical (unpaired) electrons. The van der Waals surface area contributed by atoms with Crippen molar-refractivity contribution in [2.24, 2.45) is 11.8 Å². The molecule has 0 bridgehead atoms. The quantitative estimate of drug-likeness (QED) is 0.362. The molecule has 0 aromatic heterocycles. The molecule has 2 aliphatic heterocycles. The van der Waals surface area contributed by atoms with Crippen molar-refractivity contribution in [3.63, 3.8) is 0 Å². The van der Waals surface area contributed by atoms with Gasteiger partial charge in [0.15, 0.2) is 0 Å². The average molecular weight is 582 g/mol. The van der Waals surface area contributed by atoms with Crippen LogP contribution in [-0.2, 0) is 4.74 Å². The third kappa shape index (κ3) is 6.83. The summed E-state index contributed by atoms with van der Waals surface area (Å²) in [6.45, 7) is 8.40. The van der Waals surface area contributed by atoms with Crippen molar-refractivity contribution in [1.29, 1.82) is 0 Å². The molecule has 1 saturated heterocycles. The van der Waals surface area contributed by atoms with E-state index in [9.17, 15) is 14.0 Å². The molecule has 3 aromatic carbocycles. The Morgan fingerprint density at radius 2 is 1.65 bits per heavy atom. The molecule has 6 rings (SSSR count). The minimum Gasteiger partial charge on any atom is -0.379 e. The molecule has 3 aliphatic rings. The SMILES string of the molecule is Cc1c(C(=O)NCCOCC2CC2)ccc2c1=CN(CC1CN(C(=O)c3ccc(-c4ccc(F)cc4)cc3)C1)C(C)CC=2. The minimum atomic E-state index is -0.263. The number of fused-ring (bicyclic) bond motifs is 1. The van der Waals surface area contributed by atoms with Crippen molar-refractivity contribution in [2.45, 2.75) is 39.2 Å². The van der Waals surface area contributed by atoms with E-state index in [2.05, 4.69) is 35.5 Å². The first-order valence-electron chi connectivity index (χ1n) is 15.4. The van der Waals surface area contributed by atoms with E-state index in [1.807, 2.05) is 42.2 Å². The molecule has 3 aromatic rings. The number of hydrogen-bond donors (Lipinski definition) is 1. The molecular formula is C36H40FN3O3. The summed E-state index contributed by atoms with van der Waals surface area (Å²) in [6.07, 6.45) is 7.92. The normalized spacial score (nSPS) is 18.2. The minimum absolute atomic E-state index is 0.0397. The van der Waals surface area contributed by atoms with Crippen molar-refractivity contribution in [1.82, 2.24) is 15.1 Å². The van der Waals surface area contributed by atoms with E-state index in [4.69, 9.17) is 4.74 Å². The number of hydrogen-bond acceptors (Lipinski definition) is 4. The van der Waals surface area contributed by atoms with Crippen LogP contribution in [0.2, 0.25) is 0 Å². The second kappa shape index (κ2) is 12.7. The number of likely N-dealkylation sites (tertiary alicyclic amines) is 1. The van der Waals surface area contributed by atoms with Crippen LogP contribution in [0.5, 0.6) is 0 Å². The molecule has 6 nitrogen and oxygen atoms in total. The highest BCUT2D eigenvalue weighted by molar-refractivity contribution is 5.96. The molecule has 7 heteroatoms. The van der Waals surface area contributed by atoms with Gasteiger partial charge in [-0.05, 0) is 91.3 Å². The summed E-state index contributed by atoms with van der Waals surface area (Å²) in [7, 11) is 0. The summed E-state index contributed by atoms with van der Waals surface area (Å²) in [5.74, 6) is 0.811. The Morgan fingerprint density at radius 1 is 0.953 bits per heavy atom. The molecule has 43 heavy (non-hydrogen) atoms. The zero-order valence-corrected chi connectivity index (χ0v) is 25.0. The van der Waals surface area contributed by atoms with Gasteiger partial charge in [0.05, 0.1) is 6.61 Å². The van der Waals surface area contributed by atoms with Gasteiger partial charge in [0, 0.05) is 67.3 Å². The van der Waals surface area contributed by atoms with Crippen LogP contribution in [0.15, 0.2) is 60.7 Å². The van der Waals surface area contributed by atoms with E-state index in [1.165, 1.54) is 25.0 Å². The summed E-state index contributed by atoms with van der Waals surface area (Å²) >= 11 is 0. The lowest BCUT2D eigenvalue weighted by atomic mass is 9.96. The highest BCUT2D eigenvalue weighted by atomic mass is 19.1. The Balaban J connectivity index is 1.06. The number of carbonyl (C=O) groups is 2. The Morgan fingerprint density at radius 3 is 2.35 bits per heavy atom. The Hall–Kier alpha value is -3.97. The molecule has 0 spiro atoms. The standard InChI is InChI=1S/C36H40FN3O3/c1-24-3-6-30-13-16-33(35(41)38-17-18-43-23-26-4-5-26)25(2)34(30)22-39(24)19-27-20-40(21-27)36(42)31-9-7-28(8-10-31)29-11-14-32(37)15-12-29/h6-16,22,24,26-27H,3-5,17-21,23H2,1-2H3,(H,38,41). The van der Waals surface area contributed by atoms with Gasteiger partial charge < -0.3 is 19.9 Å². The van der Waals surface area contributed by atoms with Gasteiger partial charge in [0.1, 0.15) is 5.82 Å². The monoisotopic (exact) mass is 581 g/mol. The molecule has 1 aliphatic carbocycles. The first-order valence-corrected chi connectivity index (χ1v) is 15.4. The molecular weight excluding hydrogens is 541 g/mol. The fourth-order valence-corrected chi connectivity index (χ4v) is 5.95. The maximum atomic E-state index is 13.3. The van der Waals surface area contributed by atoms with E-state index in [-0.39, 0.29) is 17.6 Å². The first kappa shape index (κ1) is 29.1. The average Bonchev–Trinajstić information content (AvgIpc) is 3.83. The summed E-state index contributed by atoms with van der Waals surface area (Å²) < 4.78 is 18.9. The predicted octanol–water partition coefficient (Wildman–Crippen LogP) is 4.34. The van der Waals surface area contributed by atoms with E-state index >= 15 is 0 Å². The molecule has 2 heterocycles. The van der Waals surface area contributed by atoms with Crippen molar-refractivity contribution in [2.75, 3.05) is 39.4 Å². The summed E-state index contributed by atoms with van der Waals surface area (Å²) in [4.78, 5) is 30.4. The van der Waals surface area contributed by atoms with Gasteiger partial charge in [-0.3, -0.25) is 9.59 Å². The lowest BCUT2D eigenvalue weighted by molar-refractivity contribution is 0.0441. The van der Waals surface area contributed by atoms with E-state index < -0.39 is 0 Å². The molecule has 1 saturated carbocycles. The third-order valence-corrected chi connectivity index (χ3v) is 8.94. The van der Waals surface area contributed by atoms with Crippen molar-refractivity contribution >= 4 is 24.1 Å². The van der Waals surface area contributed by atoms with Crippen LogP contribution in [0.1, 0.15) is 52.5 Å². The summed E-state index contributed by atoms with van der Waals surface area (Å²) in [6, 6.07) is 18.2. The predicted molar refractivity (Wildman–Crippen MR) is 167 cm³/mol. The van der Waals surface area contributed by atoms with Crippen LogP contribution in [-0.4, -0.2) is 67.0 Å². The van der Waals surface area contributed by atoms with Crippen molar-refractivity contribution in [3.05, 3.63) is 93.6 Å². The lowest BCUT2D eigenvalue weighted by Crippen LogP contribution is -2.54. The number of benzene rings is 3. The van der Waals surface area contributed by atoms with Crippen LogP contribution in [0.4, 0.5) is 4.39 Å². The fraction of sp³-hybridized carbons (Fsp3) is 0.389. The second-order valence-electron chi connectivity index (χ2n) is 12.3. The van der Waals surface area contributed by atoms with Crippen LogP contribution in [0, 0.1) is 24.6 Å². The maximum absolute atomic E-state index is 13.3. The number of rotatable bonds is 10. The van der Waals surface area contributed by atoms with Gasteiger partial charge in [-0.2, -0.15) is 0 Å². The lowest BCUT2D eigenvalue weighted by Gasteiger charge is -2.42. The highest BCUT2D eigenvalue weighted by Crippen LogP contribution is 2.28. The zero-order valence-electron chi connectivity index (χ0n) is 25.0. The summed E-state index contributed by atoms with van der Waals surface area (Å²) in [5, 5.41) is 5.27. The number of amides is 2. The van der Waals surface area contributed by atoms with E-state index in [0.717, 1.165) is 65.7 Å². The fourth-order valence-electron chi connectivity index (χ4n) is 5.95. The highest BCUT2D eigenvalue weighted by Gasteiger charge is 2.33. The smallest absolute Gasteiger partial charge is 0.253 e. The molecule has 2 amide bonds. The van der Waals surface area contributed by atoms with Gasteiger partial charge in [0.2, 0.25) is 0 Å². The van der Waals surface area contributed by atoms with Gasteiger partial charge >= 0.3 is 0 Å². The van der Waals surface area contributed by atoms with E-state index in [1.54, 1.807) is 12.1 Å². The molecule has 1 N–H and O–H groups in total. The van der Waals surface area contributed by atoms with Crippen LogP contribution in [0.25, 0.3) is 23.4 Å². The third-order valence-electron chi connectivity index (χ3n) is 8.94. The van der Waals surface area contributed by atoms with Crippen molar-refractivity contribution in [3.8, 4) is 11.1 Å². The Bertz CT molecular complexity index is 1590. The number of nitrogens with one attached hydrogen (secondary N) is 1. The Labute approximate surface area is 252 Å². The summed E-state index contributed by atoms with van der Waals surface area (Å²) in [5.41, 5.74) is 4.22. The number of carbonyl (C=O) groups excluding carboxylic acids is 2. The molecule has 1 unspecified atom stereocenters. The molecule has 224 valence electrons. The zero-order chi connectivity index (χ0) is 29.9. The molecule has 1 atom stereocenters. The van der Waals surface area contributed by atoms with Crippen LogP contribution >= 0.6 is 0 Å². The maximum Gasteiger partial charge on any atom is 0.253 e. The Kier molecular flexibility index (Phi) is 8.61. The van der Waals surface area contributed by atoms with Gasteiger partial charge in [-0.25, -0.2) is 4.39 Å². The van der Waals surface area contributed by atoms with Crippen LogP contribution in [0.3, 0.4) is 0 Å². The van der Waals surface area contributed by atoms with Gasteiger partial charge in [0.25, 0.3) is 11.8 Å². The van der Waals surface area contributed by atoms with E-state index in [0.29, 0.717) is 36.2 Å². The second-order valence-corrected chi connectivity index (χ2v) is 12.3. The number of ether oxygens (including phenoxy) is 1. The van der Waals surface area contributed by atoms with Gasteiger partial charge in [-0.1, -0.05) is 36.4 Å². The number of nitrogens with zero attached hydrogens (tertiary/aromatic N) is 2. The largest absolute Gasteiger partial charge is 0.379 e. The van der Waals surface area contributed by atoms with Crippen molar-refractivity contribution < 1.29 is 18.7 Å². The van der Waals surface area contributed by atoms with Crippen LogP contribution < -0.4 is 15.8 Å².